The average molecular weight is 402 g/mol. The Morgan fingerprint density at radius 3 is 2.68 bits per heavy atom. The number of nitrogens with zero attached hydrogens (tertiary/aromatic N) is 2. The van der Waals surface area contributed by atoms with Gasteiger partial charge in [0.2, 0.25) is 10.0 Å². The molecule has 0 aliphatic carbocycles. The standard InChI is InChI=1S/C20H27N5O2S/c1-21-20(23-14-16-7-6-10-19(13-16)28(26,27)22-2)24-17-11-12-25(15-17)18-8-4-3-5-9-18/h3-10,13,17,22H,11-12,14-15H2,1-2H3,(H2,21,23,24). The van der Waals surface area contributed by atoms with Crippen LogP contribution in [-0.4, -0.2) is 47.6 Å². The van der Waals surface area contributed by atoms with Crippen LogP contribution in [0.2, 0.25) is 0 Å². The summed E-state index contributed by atoms with van der Waals surface area (Å²) in [5.74, 6) is 0.710. The van der Waals surface area contributed by atoms with Gasteiger partial charge in [-0.25, -0.2) is 13.1 Å². The van der Waals surface area contributed by atoms with E-state index in [4.69, 9.17) is 0 Å². The van der Waals surface area contributed by atoms with Crippen LogP contribution in [0.3, 0.4) is 0 Å². The van der Waals surface area contributed by atoms with Gasteiger partial charge in [-0.1, -0.05) is 30.3 Å². The van der Waals surface area contributed by atoms with Gasteiger partial charge in [-0.15, -0.1) is 0 Å². The number of guanidine groups is 1. The van der Waals surface area contributed by atoms with Gasteiger partial charge in [0.1, 0.15) is 0 Å². The first-order valence-corrected chi connectivity index (χ1v) is 10.8. The number of anilines is 1. The van der Waals surface area contributed by atoms with Crippen molar-refractivity contribution < 1.29 is 8.42 Å². The molecule has 1 atom stereocenters. The monoisotopic (exact) mass is 401 g/mol. The fourth-order valence-electron chi connectivity index (χ4n) is 3.27. The third kappa shape index (κ3) is 5.02. The smallest absolute Gasteiger partial charge is 0.240 e. The Bertz CT molecular complexity index is 915. The molecule has 7 nitrogen and oxygen atoms in total. The Balaban J connectivity index is 1.55. The van der Waals surface area contributed by atoms with Gasteiger partial charge in [0.25, 0.3) is 0 Å². The Labute approximate surface area is 166 Å². The number of aliphatic imine (C=N–C) groups is 1. The molecule has 2 aromatic carbocycles. The van der Waals surface area contributed by atoms with Crippen molar-refractivity contribution in [1.29, 1.82) is 0 Å². The number of nitrogens with one attached hydrogen (secondary N) is 3. The van der Waals surface area contributed by atoms with Crippen LogP contribution in [0.5, 0.6) is 0 Å². The summed E-state index contributed by atoms with van der Waals surface area (Å²) in [7, 11) is -0.299. The zero-order valence-corrected chi connectivity index (χ0v) is 17.0. The maximum absolute atomic E-state index is 12.0. The Kier molecular flexibility index (Phi) is 6.53. The summed E-state index contributed by atoms with van der Waals surface area (Å²) in [5, 5.41) is 6.73. The van der Waals surface area contributed by atoms with Crippen molar-refractivity contribution in [3.8, 4) is 0 Å². The first-order valence-electron chi connectivity index (χ1n) is 9.31. The van der Waals surface area contributed by atoms with E-state index >= 15 is 0 Å². The summed E-state index contributed by atoms with van der Waals surface area (Å²) < 4.78 is 26.2. The third-order valence-corrected chi connectivity index (χ3v) is 6.22. The highest BCUT2D eigenvalue weighted by atomic mass is 32.2. The Morgan fingerprint density at radius 1 is 1.18 bits per heavy atom. The second-order valence-electron chi connectivity index (χ2n) is 6.69. The molecular formula is C20H27N5O2S. The maximum atomic E-state index is 12.0. The minimum Gasteiger partial charge on any atom is -0.369 e. The number of sulfonamides is 1. The summed E-state index contributed by atoms with van der Waals surface area (Å²) in [5.41, 5.74) is 2.11. The largest absolute Gasteiger partial charge is 0.369 e. The van der Waals surface area contributed by atoms with E-state index in [1.165, 1.54) is 12.7 Å². The zero-order valence-electron chi connectivity index (χ0n) is 16.2. The number of hydrogen-bond acceptors (Lipinski definition) is 4. The second-order valence-corrected chi connectivity index (χ2v) is 8.58. The van der Waals surface area contributed by atoms with E-state index in [9.17, 15) is 8.42 Å². The molecule has 0 radical (unpaired) electrons. The van der Waals surface area contributed by atoms with Crippen LogP contribution in [0.15, 0.2) is 64.5 Å². The van der Waals surface area contributed by atoms with Crippen LogP contribution in [0.25, 0.3) is 0 Å². The SMILES string of the molecule is CN=C(NCc1cccc(S(=O)(=O)NC)c1)NC1CCN(c2ccccc2)C1. The summed E-state index contributed by atoms with van der Waals surface area (Å²) in [6, 6.07) is 17.6. The molecule has 1 unspecified atom stereocenters. The summed E-state index contributed by atoms with van der Waals surface area (Å²) in [4.78, 5) is 6.91. The van der Waals surface area contributed by atoms with Crippen molar-refractivity contribution >= 4 is 21.7 Å². The van der Waals surface area contributed by atoms with Gasteiger partial charge >= 0.3 is 0 Å². The number of hydrogen-bond donors (Lipinski definition) is 3. The minimum atomic E-state index is -3.45. The molecule has 1 aliphatic rings. The van der Waals surface area contributed by atoms with Crippen LogP contribution in [0.4, 0.5) is 5.69 Å². The van der Waals surface area contributed by atoms with E-state index in [1.54, 1.807) is 25.2 Å². The van der Waals surface area contributed by atoms with E-state index in [2.05, 4.69) is 49.5 Å². The van der Waals surface area contributed by atoms with Gasteiger partial charge in [0, 0.05) is 38.4 Å². The highest BCUT2D eigenvalue weighted by Gasteiger charge is 2.23. The lowest BCUT2D eigenvalue weighted by Gasteiger charge is -2.20. The van der Waals surface area contributed by atoms with Crippen molar-refractivity contribution in [3.05, 3.63) is 60.2 Å². The van der Waals surface area contributed by atoms with Crippen molar-refractivity contribution in [2.24, 2.45) is 4.99 Å². The average Bonchev–Trinajstić information content (AvgIpc) is 3.20. The van der Waals surface area contributed by atoms with Gasteiger partial charge in [0.05, 0.1) is 4.90 Å². The van der Waals surface area contributed by atoms with Crippen molar-refractivity contribution in [2.75, 3.05) is 32.1 Å². The molecule has 1 aliphatic heterocycles. The summed E-state index contributed by atoms with van der Waals surface area (Å²) >= 11 is 0. The zero-order chi connectivity index (χ0) is 20.0. The molecule has 150 valence electrons. The van der Waals surface area contributed by atoms with Crippen LogP contribution >= 0.6 is 0 Å². The fraction of sp³-hybridized carbons (Fsp3) is 0.350. The van der Waals surface area contributed by atoms with Gasteiger partial charge in [-0.05, 0) is 43.3 Å². The van der Waals surface area contributed by atoms with E-state index in [0.717, 1.165) is 25.1 Å². The van der Waals surface area contributed by atoms with Crippen LogP contribution < -0.4 is 20.3 Å². The molecule has 1 fully saturated rings. The Hall–Kier alpha value is -2.58. The first kappa shape index (κ1) is 20.2. The van der Waals surface area contributed by atoms with Crippen molar-refractivity contribution in [1.82, 2.24) is 15.4 Å². The van der Waals surface area contributed by atoms with E-state index in [-0.39, 0.29) is 4.90 Å². The summed E-state index contributed by atoms with van der Waals surface area (Å²) in [6.45, 7) is 2.41. The predicted octanol–water partition coefficient (Wildman–Crippen LogP) is 1.54. The van der Waals surface area contributed by atoms with Gasteiger partial charge in [-0.3, -0.25) is 4.99 Å². The van der Waals surface area contributed by atoms with Crippen molar-refractivity contribution in [3.63, 3.8) is 0 Å². The van der Waals surface area contributed by atoms with Gasteiger partial charge in [0.15, 0.2) is 5.96 Å². The quantitative estimate of drug-likeness (QED) is 0.505. The molecule has 0 spiro atoms. The van der Waals surface area contributed by atoms with E-state index in [0.29, 0.717) is 18.5 Å². The van der Waals surface area contributed by atoms with Gasteiger partial charge in [-0.2, -0.15) is 0 Å². The summed E-state index contributed by atoms with van der Waals surface area (Å²) in [6.07, 6.45) is 1.03. The highest BCUT2D eigenvalue weighted by molar-refractivity contribution is 7.89. The highest BCUT2D eigenvalue weighted by Crippen LogP contribution is 2.19. The molecule has 2 aromatic rings. The van der Waals surface area contributed by atoms with Gasteiger partial charge < -0.3 is 15.5 Å². The fourth-order valence-corrected chi connectivity index (χ4v) is 4.07. The molecule has 1 heterocycles. The molecule has 3 rings (SSSR count). The molecule has 0 bridgehead atoms. The van der Waals surface area contributed by atoms with Crippen LogP contribution in [0.1, 0.15) is 12.0 Å². The van der Waals surface area contributed by atoms with E-state index in [1.807, 2.05) is 12.1 Å². The molecule has 0 amide bonds. The number of benzene rings is 2. The third-order valence-electron chi connectivity index (χ3n) is 4.81. The number of rotatable bonds is 6. The predicted molar refractivity (Wildman–Crippen MR) is 113 cm³/mol. The maximum Gasteiger partial charge on any atom is 0.240 e. The minimum absolute atomic E-state index is 0.256. The topological polar surface area (TPSA) is 85.8 Å². The lowest BCUT2D eigenvalue weighted by Crippen LogP contribution is -2.44. The normalized spacial score (nSPS) is 17.6. The molecule has 1 saturated heterocycles. The molecule has 28 heavy (non-hydrogen) atoms. The van der Waals surface area contributed by atoms with Crippen molar-refractivity contribution in [2.45, 2.75) is 23.9 Å². The molecule has 8 heteroatoms. The Morgan fingerprint density at radius 2 is 1.96 bits per heavy atom. The lowest BCUT2D eigenvalue weighted by molar-refractivity contribution is 0.588. The second kappa shape index (κ2) is 9.07. The van der Waals surface area contributed by atoms with E-state index < -0.39 is 10.0 Å². The lowest BCUT2D eigenvalue weighted by atomic mass is 10.2. The van der Waals surface area contributed by atoms with Crippen LogP contribution in [0, 0.1) is 0 Å². The molecule has 3 N–H and O–H groups in total. The first-order chi connectivity index (χ1) is 13.5. The number of para-hydroxylation sites is 1. The molecular weight excluding hydrogens is 374 g/mol. The van der Waals surface area contributed by atoms with Crippen LogP contribution in [-0.2, 0) is 16.6 Å². The molecule has 0 aromatic heterocycles. The molecule has 0 saturated carbocycles.